The van der Waals surface area contributed by atoms with Crippen molar-refractivity contribution in [2.75, 3.05) is 43.4 Å². The van der Waals surface area contributed by atoms with Gasteiger partial charge in [-0.2, -0.15) is 0 Å². The maximum Gasteiger partial charge on any atom is 0.255 e. The lowest BCUT2D eigenvalue weighted by Crippen LogP contribution is -2.44. The van der Waals surface area contributed by atoms with Gasteiger partial charge in [0, 0.05) is 42.7 Å². The minimum Gasteiger partial charge on any atom is -0.464 e. The second-order valence-electron chi connectivity index (χ2n) is 8.49. The molecular weight excluding hydrogens is 398 g/mol. The van der Waals surface area contributed by atoms with E-state index in [9.17, 15) is 4.79 Å². The molecule has 2 heterocycles. The molecule has 4 aromatic rings. The van der Waals surface area contributed by atoms with E-state index in [4.69, 9.17) is 4.42 Å². The Morgan fingerprint density at radius 1 is 0.938 bits per heavy atom. The summed E-state index contributed by atoms with van der Waals surface area (Å²) in [6.07, 6.45) is 1.72. The number of benzene rings is 3. The summed E-state index contributed by atoms with van der Waals surface area (Å²) < 4.78 is 5.76. The summed E-state index contributed by atoms with van der Waals surface area (Å²) in [5.41, 5.74) is 6.49. The smallest absolute Gasteiger partial charge is 0.255 e. The molecule has 0 aliphatic carbocycles. The third-order valence-corrected chi connectivity index (χ3v) is 6.16. The highest BCUT2D eigenvalue weighted by atomic mass is 16.3. The zero-order valence-corrected chi connectivity index (χ0v) is 18.5. The molecule has 32 heavy (non-hydrogen) atoms. The molecule has 1 aromatic heterocycles. The minimum atomic E-state index is -0.0996. The maximum atomic E-state index is 13.1. The van der Waals surface area contributed by atoms with Crippen molar-refractivity contribution in [1.82, 2.24) is 4.90 Å². The summed E-state index contributed by atoms with van der Waals surface area (Å²) in [7, 11) is 2.14. The largest absolute Gasteiger partial charge is 0.464 e. The van der Waals surface area contributed by atoms with Gasteiger partial charge in [0.15, 0.2) is 0 Å². The Morgan fingerprint density at radius 2 is 1.75 bits per heavy atom. The highest BCUT2D eigenvalue weighted by Crippen LogP contribution is 2.35. The summed E-state index contributed by atoms with van der Waals surface area (Å²) in [5.74, 6) is -0.0996. The molecule has 1 aliphatic heterocycles. The molecule has 1 N–H and O–H groups in total. The van der Waals surface area contributed by atoms with E-state index in [2.05, 4.69) is 46.4 Å². The number of likely N-dealkylation sites (N-methyl/N-ethyl adjacent to an activating group) is 1. The minimum absolute atomic E-state index is 0.0996. The van der Waals surface area contributed by atoms with Gasteiger partial charge in [0.05, 0.1) is 17.6 Å². The van der Waals surface area contributed by atoms with Crippen LogP contribution >= 0.6 is 0 Å². The Morgan fingerprint density at radius 3 is 2.56 bits per heavy atom. The number of hydrogen-bond acceptors (Lipinski definition) is 4. The van der Waals surface area contributed by atoms with E-state index in [-0.39, 0.29) is 5.91 Å². The zero-order valence-electron chi connectivity index (χ0n) is 18.5. The number of carbonyl (C=O) groups excluding carboxylic acids is 1. The van der Waals surface area contributed by atoms with Gasteiger partial charge < -0.3 is 19.5 Å². The number of amides is 1. The van der Waals surface area contributed by atoms with Crippen LogP contribution in [0.3, 0.4) is 0 Å². The van der Waals surface area contributed by atoms with Crippen molar-refractivity contribution in [3.63, 3.8) is 0 Å². The monoisotopic (exact) mass is 425 g/mol. The number of aryl methyl sites for hydroxylation is 1. The Bertz CT molecular complexity index is 1270. The van der Waals surface area contributed by atoms with Crippen LogP contribution in [0, 0.1) is 6.92 Å². The Labute approximate surface area is 188 Å². The summed E-state index contributed by atoms with van der Waals surface area (Å²) in [4.78, 5) is 17.8. The van der Waals surface area contributed by atoms with Crippen molar-refractivity contribution in [2.45, 2.75) is 6.92 Å². The van der Waals surface area contributed by atoms with Gasteiger partial charge in [0.2, 0.25) is 0 Å². The Kier molecular flexibility index (Phi) is 5.41. The number of nitrogens with one attached hydrogen (secondary N) is 1. The van der Waals surface area contributed by atoms with Crippen LogP contribution in [0.15, 0.2) is 77.4 Å². The van der Waals surface area contributed by atoms with Gasteiger partial charge in [-0.1, -0.05) is 42.0 Å². The molecule has 0 atom stereocenters. The van der Waals surface area contributed by atoms with E-state index >= 15 is 0 Å². The van der Waals surface area contributed by atoms with Gasteiger partial charge in [-0.25, -0.2) is 0 Å². The second kappa shape index (κ2) is 8.52. The SMILES string of the molecule is Cc1cccc(C(=O)Nc2cc(-c3cccc4ccoc34)ccc2N2CCN(C)CC2)c1. The number of anilines is 2. The molecule has 1 aliphatic rings. The van der Waals surface area contributed by atoms with Crippen LogP contribution < -0.4 is 10.2 Å². The molecule has 3 aromatic carbocycles. The lowest BCUT2D eigenvalue weighted by atomic mass is 10.0. The number of piperazine rings is 1. The fourth-order valence-electron chi connectivity index (χ4n) is 4.33. The van der Waals surface area contributed by atoms with Gasteiger partial charge in [-0.15, -0.1) is 0 Å². The predicted octanol–water partition coefficient (Wildman–Crippen LogP) is 5.41. The molecule has 5 nitrogen and oxygen atoms in total. The van der Waals surface area contributed by atoms with Crippen LogP contribution in [-0.4, -0.2) is 44.0 Å². The van der Waals surface area contributed by atoms with E-state index < -0.39 is 0 Å². The molecule has 1 saturated heterocycles. The van der Waals surface area contributed by atoms with Crippen LogP contribution in [0.2, 0.25) is 0 Å². The van der Waals surface area contributed by atoms with E-state index in [0.717, 1.165) is 65.2 Å². The molecule has 5 rings (SSSR count). The average molecular weight is 426 g/mol. The van der Waals surface area contributed by atoms with Gasteiger partial charge in [0.1, 0.15) is 5.58 Å². The normalized spacial score (nSPS) is 14.6. The number of para-hydroxylation sites is 1. The maximum absolute atomic E-state index is 13.1. The first kappa shape index (κ1) is 20.3. The predicted molar refractivity (Wildman–Crippen MR) is 130 cm³/mol. The Balaban J connectivity index is 1.55. The molecule has 1 fully saturated rings. The first-order chi connectivity index (χ1) is 15.6. The van der Waals surface area contributed by atoms with Crippen molar-refractivity contribution in [1.29, 1.82) is 0 Å². The number of nitrogens with zero attached hydrogens (tertiary/aromatic N) is 2. The first-order valence-corrected chi connectivity index (χ1v) is 11.0. The van der Waals surface area contributed by atoms with E-state index in [1.165, 1.54) is 0 Å². The van der Waals surface area contributed by atoms with Crippen LogP contribution in [0.5, 0.6) is 0 Å². The molecule has 0 unspecified atom stereocenters. The Hall–Kier alpha value is -3.57. The average Bonchev–Trinajstić information content (AvgIpc) is 3.29. The third kappa shape index (κ3) is 3.99. The van der Waals surface area contributed by atoms with Crippen molar-refractivity contribution in [3.8, 4) is 11.1 Å². The number of rotatable bonds is 4. The van der Waals surface area contributed by atoms with Crippen LogP contribution in [0.1, 0.15) is 15.9 Å². The topological polar surface area (TPSA) is 48.7 Å². The quantitative estimate of drug-likeness (QED) is 0.475. The standard InChI is InChI=1S/C27H27N3O2/c1-19-5-3-7-22(17-19)27(31)28-24-18-21(23-8-4-6-20-11-16-32-26(20)23)9-10-25(24)30-14-12-29(2)13-15-30/h3-11,16-18H,12-15H2,1-2H3,(H,28,31). The number of furan rings is 1. The van der Waals surface area contributed by atoms with Crippen molar-refractivity contribution >= 4 is 28.3 Å². The van der Waals surface area contributed by atoms with E-state index in [1.807, 2.05) is 49.4 Å². The van der Waals surface area contributed by atoms with Crippen molar-refractivity contribution in [3.05, 3.63) is 84.1 Å². The molecule has 0 spiro atoms. The molecule has 0 saturated carbocycles. The van der Waals surface area contributed by atoms with Crippen LogP contribution in [-0.2, 0) is 0 Å². The van der Waals surface area contributed by atoms with E-state index in [1.54, 1.807) is 6.26 Å². The van der Waals surface area contributed by atoms with Gasteiger partial charge in [-0.3, -0.25) is 4.79 Å². The second-order valence-corrected chi connectivity index (χ2v) is 8.49. The van der Waals surface area contributed by atoms with Gasteiger partial charge in [0.25, 0.3) is 5.91 Å². The van der Waals surface area contributed by atoms with Crippen molar-refractivity contribution < 1.29 is 9.21 Å². The molecule has 162 valence electrons. The van der Waals surface area contributed by atoms with Crippen molar-refractivity contribution in [2.24, 2.45) is 0 Å². The summed E-state index contributed by atoms with van der Waals surface area (Å²) in [6, 6.07) is 22.1. The highest BCUT2D eigenvalue weighted by Gasteiger charge is 2.20. The first-order valence-electron chi connectivity index (χ1n) is 11.0. The van der Waals surface area contributed by atoms with Gasteiger partial charge in [-0.05, 0) is 49.9 Å². The third-order valence-electron chi connectivity index (χ3n) is 6.16. The summed E-state index contributed by atoms with van der Waals surface area (Å²) in [6.45, 7) is 5.85. The van der Waals surface area contributed by atoms with Crippen LogP contribution in [0.25, 0.3) is 22.1 Å². The highest BCUT2D eigenvalue weighted by molar-refractivity contribution is 6.07. The number of hydrogen-bond donors (Lipinski definition) is 1. The molecule has 1 amide bonds. The summed E-state index contributed by atoms with van der Waals surface area (Å²) in [5, 5.41) is 4.26. The lowest BCUT2D eigenvalue weighted by Gasteiger charge is -2.35. The molecular formula is C27H27N3O2. The summed E-state index contributed by atoms with van der Waals surface area (Å²) >= 11 is 0. The van der Waals surface area contributed by atoms with Crippen LogP contribution in [0.4, 0.5) is 11.4 Å². The fraction of sp³-hybridized carbons (Fsp3) is 0.222. The fourth-order valence-corrected chi connectivity index (χ4v) is 4.33. The molecule has 5 heteroatoms. The number of fused-ring (bicyclic) bond motifs is 1. The number of carbonyl (C=O) groups is 1. The molecule has 0 bridgehead atoms. The van der Waals surface area contributed by atoms with Gasteiger partial charge >= 0.3 is 0 Å². The lowest BCUT2D eigenvalue weighted by molar-refractivity contribution is 0.102. The van der Waals surface area contributed by atoms with E-state index in [0.29, 0.717) is 5.56 Å². The molecule has 0 radical (unpaired) electrons. The zero-order chi connectivity index (χ0) is 22.1.